The van der Waals surface area contributed by atoms with E-state index in [0.29, 0.717) is 13.2 Å². The molecule has 0 saturated carbocycles. The number of hydrogen-bond acceptors (Lipinski definition) is 3. The molecule has 1 atom stereocenters. The van der Waals surface area contributed by atoms with Crippen LogP contribution in [0.4, 0.5) is 5.82 Å². The molecule has 0 spiro atoms. The summed E-state index contributed by atoms with van der Waals surface area (Å²) in [6.07, 6.45) is 1.82. The molecule has 19 heavy (non-hydrogen) atoms. The van der Waals surface area contributed by atoms with Crippen molar-refractivity contribution in [3.05, 3.63) is 34.9 Å². The van der Waals surface area contributed by atoms with Crippen molar-refractivity contribution in [1.82, 2.24) is 4.98 Å². The molecule has 0 N–H and O–H groups in total. The van der Waals surface area contributed by atoms with E-state index in [2.05, 4.69) is 31.9 Å². The largest absolute Gasteiger partial charge is 0.383 e. The van der Waals surface area contributed by atoms with Crippen molar-refractivity contribution in [2.45, 2.75) is 5.38 Å². The van der Waals surface area contributed by atoms with Gasteiger partial charge in [-0.1, -0.05) is 28.1 Å². The maximum Gasteiger partial charge on any atom is 0.136 e. The van der Waals surface area contributed by atoms with Gasteiger partial charge in [-0.3, -0.25) is 0 Å². The summed E-state index contributed by atoms with van der Waals surface area (Å²) >= 11 is 9.77. The lowest BCUT2D eigenvalue weighted by atomic mass is 10.1. The maximum absolute atomic E-state index is 6.20. The second-order valence-electron chi connectivity index (χ2n) is 4.40. The predicted molar refractivity (Wildman–Crippen MR) is 84.2 cm³/mol. The molecule has 1 heterocycles. The number of rotatable bonds is 5. The zero-order chi connectivity index (χ0) is 13.8. The molecular formula is C14H16BrClN2O. The highest BCUT2D eigenvalue weighted by molar-refractivity contribution is 9.10. The summed E-state index contributed by atoms with van der Waals surface area (Å²) in [6.45, 7) is 1.22. The minimum absolute atomic E-state index is 0.0563. The number of fused-ring (bicyclic) bond motifs is 1. The van der Waals surface area contributed by atoms with Crippen molar-refractivity contribution < 1.29 is 4.74 Å². The lowest BCUT2D eigenvalue weighted by Gasteiger charge is -2.22. The van der Waals surface area contributed by atoms with Crippen LogP contribution in [-0.4, -0.2) is 37.7 Å². The number of benzene rings is 1. The van der Waals surface area contributed by atoms with E-state index in [0.717, 1.165) is 21.1 Å². The van der Waals surface area contributed by atoms with E-state index < -0.39 is 0 Å². The Kier molecular flexibility index (Phi) is 5.02. The third-order valence-corrected chi connectivity index (χ3v) is 3.87. The number of pyridine rings is 1. The fourth-order valence-corrected chi connectivity index (χ4v) is 2.91. The fraction of sp³-hybridized carbons (Fsp3) is 0.357. The number of aromatic nitrogens is 1. The quantitative estimate of drug-likeness (QED) is 0.774. The molecule has 0 aliphatic heterocycles. The normalized spacial score (nSPS) is 12.6. The molecular weight excluding hydrogens is 328 g/mol. The van der Waals surface area contributed by atoms with Crippen molar-refractivity contribution in [3.8, 4) is 0 Å². The van der Waals surface area contributed by atoms with E-state index >= 15 is 0 Å². The van der Waals surface area contributed by atoms with Gasteiger partial charge < -0.3 is 9.64 Å². The number of ether oxygens (including phenoxy) is 1. The summed E-state index contributed by atoms with van der Waals surface area (Å²) in [5.41, 5.74) is 0. The number of alkyl halides is 1. The summed E-state index contributed by atoms with van der Waals surface area (Å²) in [6, 6.07) is 8.11. The van der Waals surface area contributed by atoms with Gasteiger partial charge in [0.2, 0.25) is 0 Å². The summed E-state index contributed by atoms with van der Waals surface area (Å²) in [5.74, 6) is 0.931. The molecule has 3 nitrogen and oxygen atoms in total. The van der Waals surface area contributed by atoms with Gasteiger partial charge >= 0.3 is 0 Å². The van der Waals surface area contributed by atoms with E-state index in [1.165, 1.54) is 0 Å². The second kappa shape index (κ2) is 6.55. The van der Waals surface area contributed by atoms with Gasteiger partial charge in [0.05, 0.1) is 12.0 Å². The van der Waals surface area contributed by atoms with E-state index in [9.17, 15) is 0 Å². The molecule has 1 unspecified atom stereocenters. The van der Waals surface area contributed by atoms with Crippen molar-refractivity contribution in [2.24, 2.45) is 0 Å². The summed E-state index contributed by atoms with van der Waals surface area (Å²) in [7, 11) is 3.65. The molecule has 0 aliphatic carbocycles. The first kappa shape index (κ1) is 14.6. The maximum atomic E-state index is 6.20. The monoisotopic (exact) mass is 342 g/mol. The standard InChI is InChI=1S/C14H16BrClN2O/c1-18(8-10(16)9-19-2)14-12-4-3-5-13(15)11(12)6-7-17-14/h3-7,10H,8-9H2,1-2H3. The summed E-state index contributed by atoms with van der Waals surface area (Å²) in [5, 5.41) is 2.21. The zero-order valence-corrected chi connectivity index (χ0v) is 13.3. The average molecular weight is 344 g/mol. The highest BCUT2D eigenvalue weighted by Gasteiger charge is 2.13. The van der Waals surface area contributed by atoms with Crippen LogP contribution in [0.3, 0.4) is 0 Å². The Morgan fingerprint density at radius 2 is 2.16 bits per heavy atom. The van der Waals surface area contributed by atoms with Crippen LogP contribution in [0.2, 0.25) is 0 Å². The number of anilines is 1. The number of hydrogen-bond donors (Lipinski definition) is 0. The second-order valence-corrected chi connectivity index (χ2v) is 5.87. The first-order valence-electron chi connectivity index (χ1n) is 6.01. The summed E-state index contributed by atoms with van der Waals surface area (Å²) < 4.78 is 6.13. The SMILES string of the molecule is COCC(Cl)CN(C)c1nccc2c(Br)cccc12. The highest BCUT2D eigenvalue weighted by atomic mass is 79.9. The Morgan fingerprint density at radius 3 is 2.89 bits per heavy atom. The van der Waals surface area contributed by atoms with Crippen LogP contribution >= 0.6 is 27.5 Å². The minimum atomic E-state index is -0.0563. The zero-order valence-electron chi connectivity index (χ0n) is 10.9. The van der Waals surface area contributed by atoms with Crippen molar-refractivity contribution in [1.29, 1.82) is 0 Å². The molecule has 0 bridgehead atoms. The molecule has 102 valence electrons. The topological polar surface area (TPSA) is 25.4 Å². The van der Waals surface area contributed by atoms with Crippen LogP contribution in [0.25, 0.3) is 10.8 Å². The van der Waals surface area contributed by atoms with Gasteiger partial charge in [-0.05, 0) is 12.1 Å². The van der Waals surface area contributed by atoms with Crippen LogP contribution in [-0.2, 0) is 4.74 Å². The molecule has 0 saturated heterocycles. The van der Waals surface area contributed by atoms with Gasteiger partial charge in [0.15, 0.2) is 0 Å². The Bertz CT molecular complexity index is 564. The van der Waals surface area contributed by atoms with E-state index in [1.807, 2.05) is 31.4 Å². The third kappa shape index (κ3) is 3.38. The highest BCUT2D eigenvalue weighted by Crippen LogP contribution is 2.29. The Morgan fingerprint density at radius 1 is 1.37 bits per heavy atom. The van der Waals surface area contributed by atoms with E-state index in [-0.39, 0.29) is 5.38 Å². The molecule has 0 radical (unpaired) electrons. The smallest absolute Gasteiger partial charge is 0.136 e. The van der Waals surface area contributed by atoms with Gasteiger partial charge in [-0.2, -0.15) is 0 Å². The number of methoxy groups -OCH3 is 1. The molecule has 0 fully saturated rings. The molecule has 2 rings (SSSR count). The molecule has 0 amide bonds. The van der Waals surface area contributed by atoms with Crippen molar-refractivity contribution in [2.75, 3.05) is 32.2 Å². The van der Waals surface area contributed by atoms with E-state index in [4.69, 9.17) is 16.3 Å². The Labute approximate surface area is 126 Å². The van der Waals surface area contributed by atoms with Gasteiger partial charge in [-0.15, -0.1) is 11.6 Å². The molecule has 5 heteroatoms. The van der Waals surface area contributed by atoms with Crippen molar-refractivity contribution >= 4 is 44.1 Å². The van der Waals surface area contributed by atoms with E-state index in [1.54, 1.807) is 7.11 Å². The summed E-state index contributed by atoms with van der Waals surface area (Å²) in [4.78, 5) is 6.53. The Balaban J connectivity index is 2.32. The first-order valence-corrected chi connectivity index (χ1v) is 7.23. The molecule has 0 aliphatic rings. The lowest BCUT2D eigenvalue weighted by molar-refractivity contribution is 0.199. The predicted octanol–water partition coefficient (Wildman–Crippen LogP) is 3.69. The van der Waals surface area contributed by atoms with Gasteiger partial charge in [0, 0.05) is 42.1 Å². The fourth-order valence-electron chi connectivity index (χ4n) is 2.07. The average Bonchev–Trinajstić information content (AvgIpc) is 2.38. The number of nitrogens with zero attached hydrogens (tertiary/aromatic N) is 2. The molecule has 2 aromatic rings. The van der Waals surface area contributed by atoms with Crippen LogP contribution in [0.15, 0.2) is 34.9 Å². The van der Waals surface area contributed by atoms with Gasteiger partial charge in [0.25, 0.3) is 0 Å². The van der Waals surface area contributed by atoms with Gasteiger partial charge in [0.1, 0.15) is 5.82 Å². The third-order valence-electron chi connectivity index (χ3n) is 2.91. The number of halogens is 2. The van der Waals surface area contributed by atoms with Crippen LogP contribution < -0.4 is 4.90 Å². The Hall–Kier alpha value is -0.840. The first-order chi connectivity index (χ1) is 9.13. The molecule has 1 aromatic heterocycles. The minimum Gasteiger partial charge on any atom is -0.383 e. The lowest BCUT2D eigenvalue weighted by Crippen LogP contribution is -2.29. The molecule has 1 aromatic carbocycles. The van der Waals surface area contributed by atoms with Crippen LogP contribution in [0.5, 0.6) is 0 Å². The van der Waals surface area contributed by atoms with Crippen molar-refractivity contribution in [3.63, 3.8) is 0 Å². The van der Waals surface area contributed by atoms with Gasteiger partial charge in [-0.25, -0.2) is 4.98 Å². The van der Waals surface area contributed by atoms with Crippen LogP contribution in [0.1, 0.15) is 0 Å². The van der Waals surface area contributed by atoms with Crippen LogP contribution in [0, 0.1) is 0 Å².